The van der Waals surface area contributed by atoms with Gasteiger partial charge in [0.2, 0.25) is 0 Å². The minimum atomic E-state index is -0.423. The maximum atomic E-state index is 9.08. The van der Waals surface area contributed by atoms with Crippen LogP contribution in [-0.2, 0) is 9.47 Å². The molecule has 0 aromatic rings. The molecule has 96 valence electrons. The summed E-state index contributed by atoms with van der Waals surface area (Å²) in [4.78, 5) is 0. The van der Waals surface area contributed by atoms with Crippen LogP contribution in [-0.4, -0.2) is 36.1 Å². The average molecular weight is 230 g/mol. The Morgan fingerprint density at radius 3 is 2.44 bits per heavy atom. The van der Waals surface area contributed by atoms with E-state index in [0.29, 0.717) is 13.2 Å². The molecule has 0 fully saturated rings. The highest BCUT2D eigenvalue weighted by molar-refractivity contribution is 4.83. The Kier molecular flexibility index (Phi) is 7.64. The Morgan fingerprint density at radius 2 is 2.00 bits per heavy atom. The number of rotatable bonds is 9. The lowest BCUT2D eigenvalue weighted by Crippen LogP contribution is -2.32. The monoisotopic (exact) mass is 230 g/mol. The molecule has 0 saturated heterocycles. The summed E-state index contributed by atoms with van der Waals surface area (Å²) in [5.41, 5.74) is -0.149. The van der Waals surface area contributed by atoms with Gasteiger partial charge < -0.3 is 14.6 Å². The van der Waals surface area contributed by atoms with Crippen LogP contribution in [0.25, 0.3) is 0 Å². The van der Waals surface area contributed by atoms with E-state index in [4.69, 9.17) is 14.6 Å². The Labute approximate surface area is 99.5 Å². The first-order valence-electron chi connectivity index (χ1n) is 5.98. The van der Waals surface area contributed by atoms with Gasteiger partial charge in [0.25, 0.3) is 0 Å². The molecule has 0 aliphatic heterocycles. The van der Waals surface area contributed by atoms with Crippen LogP contribution in [0.3, 0.4) is 0 Å². The summed E-state index contributed by atoms with van der Waals surface area (Å²) in [6.45, 7) is 12.5. The van der Waals surface area contributed by atoms with E-state index in [9.17, 15) is 0 Å². The van der Waals surface area contributed by atoms with Crippen LogP contribution in [0.5, 0.6) is 0 Å². The van der Waals surface area contributed by atoms with E-state index in [2.05, 4.69) is 20.4 Å². The maximum absolute atomic E-state index is 9.08. The van der Waals surface area contributed by atoms with Crippen molar-refractivity contribution in [3.63, 3.8) is 0 Å². The molecule has 0 spiro atoms. The van der Waals surface area contributed by atoms with Gasteiger partial charge in [-0.05, 0) is 33.6 Å². The van der Waals surface area contributed by atoms with Crippen LogP contribution in [0.2, 0.25) is 0 Å². The fourth-order valence-corrected chi connectivity index (χ4v) is 1.28. The largest absolute Gasteiger partial charge is 0.391 e. The van der Waals surface area contributed by atoms with Crippen molar-refractivity contribution in [1.29, 1.82) is 0 Å². The quantitative estimate of drug-likeness (QED) is 0.619. The normalized spacial score (nSPS) is 18.8. The topological polar surface area (TPSA) is 38.7 Å². The molecule has 0 saturated carbocycles. The summed E-state index contributed by atoms with van der Waals surface area (Å²) in [5.74, 6) is 0. The van der Waals surface area contributed by atoms with Gasteiger partial charge in [0, 0.05) is 0 Å². The highest BCUT2D eigenvalue weighted by atomic mass is 16.5. The van der Waals surface area contributed by atoms with Gasteiger partial charge in [0.15, 0.2) is 0 Å². The Hall–Kier alpha value is -0.380. The highest BCUT2D eigenvalue weighted by Gasteiger charge is 2.22. The smallest absolute Gasteiger partial charge is 0.0782 e. The molecule has 0 rings (SSSR count). The first-order valence-corrected chi connectivity index (χ1v) is 5.98. The molecule has 0 aromatic heterocycles. The molecule has 0 amide bonds. The third kappa shape index (κ3) is 6.99. The third-order valence-corrected chi connectivity index (χ3v) is 2.61. The number of aliphatic hydroxyl groups excluding tert-OH is 1. The van der Waals surface area contributed by atoms with E-state index in [-0.39, 0.29) is 11.7 Å². The van der Waals surface area contributed by atoms with Crippen molar-refractivity contribution < 1.29 is 14.6 Å². The Balaban J connectivity index is 3.87. The standard InChI is InChI=1S/C13H26O3/c1-6-8-13(5,7-2)16-10-12(4)15-9-11(3)14/h6,11-12,14H,1,7-10H2,2-5H3. The van der Waals surface area contributed by atoms with Crippen LogP contribution in [0, 0.1) is 0 Å². The molecule has 0 heterocycles. The van der Waals surface area contributed by atoms with Crippen molar-refractivity contribution in [2.75, 3.05) is 13.2 Å². The van der Waals surface area contributed by atoms with E-state index in [1.165, 1.54) is 0 Å². The zero-order chi connectivity index (χ0) is 12.6. The van der Waals surface area contributed by atoms with Gasteiger partial charge >= 0.3 is 0 Å². The van der Waals surface area contributed by atoms with Crippen molar-refractivity contribution in [2.45, 2.75) is 58.3 Å². The molecular formula is C13H26O3. The van der Waals surface area contributed by atoms with E-state index < -0.39 is 6.10 Å². The van der Waals surface area contributed by atoms with Gasteiger partial charge in [-0.1, -0.05) is 13.0 Å². The Bertz CT molecular complexity index is 192. The average Bonchev–Trinajstić information content (AvgIpc) is 2.24. The lowest BCUT2D eigenvalue weighted by atomic mass is 9.99. The first-order chi connectivity index (χ1) is 7.43. The van der Waals surface area contributed by atoms with Gasteiger partial charge in [0.1, 0.15) is 0 Å². The molecule has 0 radical (unpaired) electrons. The van der Waals surface area contributed by atoms with E-state index in [1.54, 1.807) is 6.92 Å². The van der Waals surface area contributed by atoms with Crippen molar-refractivity contribution >= 4 is 0 Å². The van der Waals surface area contributed by atoms with Crippen molar-refractivity contribution in [3.8, 4) is 0 Å². The minimum absolute atomic E-state index is 0.00490. The second kappa shape index (κ2) is 7.82. The van der Waals surface area contributed by atoms with E-state index >= 15 is 0 Å². The van der Waals surface area contributed by atoms with Gasteiger partial charge in [-0.3, -0.25) is 0 Å². The van der Waals surface area contributed by atoms with Crippen LogP contribution in [0.1, 0.15) is 40.5 Å². The van der Waals surface area contributed by atoms with Gasteiger partial charge in [-0.25, -0.2) is 0 Å². The molecule has 0 aliphatic carbocycles. The SMILES string of the molecule is C=CCC(C)(CC)OCC(C)OCC(C)O. The molecule has 3 heteroatoms. The molecule has 16 heavy (non-hydrogen) atoms. The van der Waals surface area contributed by atoms with Crippen LogP contribution in [0.15, 0.2) is 12.7 Å². The summed E-state index contributed by atoms with van der Waals surface area (Å²) in [6.07, 6.45) is 3.25. The van der Waals surface area contributed by atoms with E-state index in [1.807, 2.05) is 13.0 Å². The van der Waals surface area contributed by atoms with Crippen LogP contribution >= 0.6 is 0 Å². The molecule has 0 aliphatic rings. The summed E-state index contributed by atoms with van der Waals surface area (Å²) in [5, 5.41) is 9.08. The number of hydrogen-bond donors (Lipinski definition) is 1. The molecule has 0 aromatic carbocycles. The second-order valence-electron chi connectivity index (χ2n) is 4.60. The lowest BCUT2D eigenvalue weighted by Gasteiger charge is -2.29. The van der Waals surface area contributed by atoms with Crippen LogP contribution < -0.4 is 0 Å². The summed E-state index contributed by atoms with van der Waals surface area (Å²) in [7, 11) is 0. The molecule has 3 atom stereocenters. The van der Waals surface area contributed by atoms with Gasteiger partial charge in [0.05, 0.1) is 31.0 Å². The molecular weight excluding hydrogens is 204 g/mol. The number of hydrogen-bond acceptors (Lipinski definition) is 3. The molecule has 3 nitrogen and oxygen atoms in total. The molecule has 1 N–H and O–H groups in total. The first kappa shape index (κ1) is 15.6. The second-order valence-corrected chi connectivity index (χ2v) is 4.60. The lowest BCUT2D eigenvalue weighted by molar-refractivity contribution is -0.0930. The van der Waals surface area contributed by atoms with Crippen LogP contribution in [0.4, 0.5) is 0 Å². The molecule has 0 bridgehead atoms. The van der Waals surface area contributed by atoms with Gasteiger partial charge in [-0.2, -0.15) is 0 Å². The maximum Gasteiger partial charge on any atom is 0.0782 e. The summed E-state index contributed by atoms with van der Waals surface area (Å²) >= 11 is 0. The zero-order valence-electron chi connectivity index (χ0n) is 11.0. The molecule has 3 unspecified atom stereocenters. The van der Waals surface area contributed by atoms with Crippen molar-refractivity contribution in [2.24, 2.45) is 0 Å². The summed E-state index contributed by atoms with van der Waals surface area (Å²) in [6, 6.07) is 0. The summed E-state index contributed by atoms with van der Waals surface area (Å²) < 4.78 is 11.3. The number of ether oxygens (including phenoxy) is 2. The Morgan fingerprint density at radius 1 is 1.38 bits per heavy atom. The van der Waals surface area contributed by atoms with E-state index in [0.717, 1.165) is 12.8 Å². The predicted molar refractivity (Wildman–Crippen MR) is 66.6 cm³/mol. The fraction of sp³-hybridized carbons (Fsp3) is 0.846. The van der Waals surface area contributed by atoms with Crippen molar-refractivity contribution in [3.05, 3.63) is 12.7 Å². The minimum Gasteiger partial charge on any atom is -0.391 e. The highest BCUT2D eigenvalue weighted by Crippen LogP contribution is 2.20. The zero-order valence-corrected chi connectivity index (χ0v) is 11.0. The van der Waals surface area contributed by atoms with Gasteiger partial charge in [-0.15, -0.1) is 6.58 Å². The number of aliphatic hydroxyl groups is 1. The third-order valence-electron chi connectivity index (χ3n) is 2.61. The fourth-order valence-electron chi connectivity index (χ4n) is 1.28. The predicted octanol–water partition coefficient (Wildman–Crippen LogP) is 2.53. The van der Waals surface area contributed by atoms with Crippen molar-refractivity contribution in [1.82, 2.24) is 0 Å².